The van der Waals surface area contributed by atoms with Crippen LogP contribution < -0.4 is 10.6 Å². The van der Waals surface area contributed by atoms with Gasteiger partial charge in [-0.15, -0.1) is 0 Å². The van der Waals surface area contributed by atoms with E-state index in [1.54, 1.807) is 0 Å². The zero-order valence-electron chi connectivity index (χ0n) is 10.7. The normalized spacial score (nSPS) is 14.5. The van der Waals surface area contributed by atoms with Crippen molar-refractivity contribution < 1.29 is 4.79 Å². The molecule has 0 aliphatic heterocycles. The smallest absolute Gasteiger partial charge is 0.220 e. The van der Waals surface area contributed by atoms with Crippen molar-refractivity contribution in [3.05, 3.63) is 24.3 Å². The summed E-state index contributed by atoms with van der Waals surface area (Å²) in [5.41, 5.74) is 1.03. The Labute approximate surface area is 116 Å². The van der Waals surface area contributed by atoms with E-state index in [2.05, 4.69) is 21.1 Å². The minimum absolute atomic E-state index is 0.179. The molecule has 5 heteroatoms. The molecule has 2 N–H and O–H groups in total. The van der Waals surface area contributed by atoms with Crippen LogP contribution in [-0.2, 0) is 4.79 Å². The molecule has 1 saturated carbocycles. The summed E-state index contributed by atoms with van der Waals surface area (Å²) < 4.78 is 4.38. The van der Waals surface area contributed by atoms with Crippen LogP contribution in [0.1, 0.15) is 25.7 Å². The molecule has 1 heterocycles. The van der Waals surface area contributed by atoms with Crippen LogP contribution in [0.5, 0.6) is 0 Å². The fraction of sp³-hybridized carbons (Fsp3) is 0.429. The summed E-state index contributed by atoms with van der Waals surface area (Å²) in [4.78, 5) is 11.5. The number of hydrogen-bond donors (Lipinski definition) is 2. The number of nitrogens with one attached hydrogen (secondary N) is 2. The standard InChI is InChI=1S/C14H17N3OS/c18-13(16-10-7-8-10)6-3-9-15-14-11-4-1-2-5-12(11)17-19-14/h1-2,4-5,10,15H,3,6-9H2,(H,16,18). The van der Waals surface area contributed by atoms with Gasteiger partial charge in [0.15, 0.2) is 0 Å². The molecule has 0 spiro atoms. The van der Waals surface area contributed by atoms with Crippen molar-refractivity contribution in [2.75, 3.05) is 11.9 Å². The molecule has 2 aromatic rings. The predicted octanol–water partition coefficient (Wildman–Crippen LogP) is 2.77. The highest BCUT2D eigenvalue weighted by Crippen LogP contribution is 2.27. The lowest BCUT2D eigenvalue weighted by molar-refractivity contribution is -0.121. The summed E-state index contributed by atoms with van der Waals surface area (Å²) in [7, 11) is 0. The van der Waals surface area contributed by atoms with Crippen molar-refractivity contribution in [3.8, 4) is 0 Å². The molecular formula is C14H17N3OS. The third-order valence-electron chi connectivity index (χ3n) is 3.19. The second kappa shape index (κ2) is 5.57. The molecule has 1 aromatic carbocycles. The molecule has 0 unspecified atom stereocenters. The molecule has 0 saturated heterocycles. The van der Waals surface area contributed by atoms with Crippen LogP contribution >= 0.6 is 11.5 Å². The summed E-state index contributed by atoms with van der Waals surface area (Å²) in [6.45, 7) is 0.810. The first kappa shape index (κ1) is 12.4. The zero-order valence-corrected chi connectivity index (χ0v) is 11.5. The molecule has 0 radical (unpaired) electrons. The molecule has 19 heavy (non-hydrogen) atoms. The fourth-order valence-corrected chi connectivity index (χ4v) is 2.78. The molecule has 3 rings (SSSR count). The van der Waals surface area contributed by atoms with Gasteiger partial charge in [-0.05, 0) is 42.9 Å². The molecule has 1 aliphatic carbocycles. The van der Waals surface area contributed by atoms with Gasteiger partial charge in [-0.1, -0.05) is 12.1 Å². The summed E-state index contributed by atoms with van der Waals surface area (Å²) in [6.07, 6.45) is 3.75. The molecule has 0 atom stereocenters. The first-order valence-electron chi connectivity index (χ1n) is 6.70. The van der Waals surface area contributed by atoms with Crippen LogP contribution in [0.15, 0.2) is 24.3 Å². The highest BCUT2D eigenvalue weighted by molar-refractivity contribution is 7.11. The largest absolute Gasteiger partial charge is 0.375 e. The Morgan fingerprint density at radius 3 is 3.05 bits per heavy atom. The molecule has 0 bridgehead atoms. The Morgan fingerprint density at radius 1 is 1.37 bits per heavy atom. The zero-order chi connectivity index (χ0) is 13.1. The monoisotopic (exact) mass is 275 g/mol. The molecular weight excluding hydrogens is 258 g/mol. The highest BCUT2D eigenvalue weighted by Gasteiger charge is 2.22. The Bertz CT molecular complexity index is 577. The Kier molecular flexibility index (Phi) is 3.64. The van der Waals surface area contributed by atoms with E-state index in [0.717, 1.165) is 41.7 Å². The maximum absolute atomic E-state index is 11.5. The number of carbonyl (C=O) groups excluding carboxylic acids is 1. The van der Waals surface area contributed by atoms with Gasteiger partial charge < -0.3 is 10.6 Å². The van der Waals surface area contributed by atoms with Crippen LogP contribution in [0, 0.1) is 0 Å². The lowest BCUT2D eigenvalue weighted by Gasteiger charge is -2.05. The van der Waals surface area contributed by atoms with E-state index in [1.807, 2.05) is 18.2 Å². The Morgan fingerprint density at radius 2 is 2.21 bits per heavy atom. The summed E-state index contributed by atoms with van der Waals surface area (Å²) in [6, 6.07) is 8.56. The number of nitrogens with zero attached hydrogens (tertiary/aromatic N) is 1. The summed E-state index contributed by atoms with van der Waals surface area (Å²) in [5.74, 6) is 0.179. The van der Waals surface area contributed by atoms with Gasteiger partial charge in [0.25, 0.3) is 0 Å². The van der Waals surface area contributed by atoms with E-state index in [0.29, 0.717) is 12.5 Å². The lowest BCUT2D eigenvalue weighted by Crippen LogP contribution is -2.25. The van der Waals surface area contributed by atoms with Crippen LogP contribution in [0.3, 0.4) is 0 Å². The highest BCUT2D eigenvalue weighted by atomic mass is 32.1. The third-order valence-corrected chi connectivity index (χ3v) is 4.03. The SMILES string of the molecule is O=C(CCCNc1snc2ccccc12)NC1CC1. The van der Waals surface area contributed by atoms with E-state index in [-0.39, 0.29) is 5.91 Å². The minimum Gasteiger partial charge on any atom is -0.375 e. The van der Waals surface area contributed by atoms with Gasteiger partial charge in [-0.3, -0.25) is 4.79 Å². The first-order valence-corrected chi connectivity index (χ1v) is 7.48. The van der Waals surface area contributed by atoms with Crippen molar-refractivity contribution in [1.29, 1.82) is 0 Å². The second-order valence-electron chi connectivity index (χ2n) is 4.90. The average molecular weight is 275 g/mol. The summed E-state index contributed by atoms with van der Waals surface area (Å²) >= 11 is 1.48. The number of amides is 1. The Hall–Kier alpha value is -1.62. The van der Waals surface area contributed by atoms with Gasteiger partial charge in [0.05, 0.1) is 5.52 Å². The summed E-state index contributed by atoms with van der Waals surface area (Å²) in [5, 5.41) is 8.63. The number of aromatic nitrogens is 1. The molecule has 1 amide bonds. The van der Waals surface area contributed by atoms with Gasteiger partial charge in [0.2, 0.25) is 5.91 Å². The van der Waals surface area contributed by atoms with Gasteiger partial charge in [0, 0.05) is 24.4 Å². The third kappa shape index (κ3) is 3.23. The predicted molar refractivity (Wildman–Crippen MR) is 78.5 cm³/mol. The number of anilines is 1. The van der Waals surface area contributed by atoms with Crippen LogP contribution in [0.2, 0.25) is 0 Å². The van der Waals surface area contributed by atoms with E-state index >= 15 is 0 Å². The second-order valence-corrected chi connectivity index (χ2v) is 5.67. The minimum atomic E-state index is 0.179. The van der Waals surface area contributed by atoms with Crippen molar-refractivity contribution in [2.45, 2.75) is 31.7 Å². The van der Waals surface area contributed by atoms with Crippen LogP contribution in [-0.4, -0.2) is 22.9 Å². The van der Waals surface area contributed by atoms with E-state index in [1.165, 1.54) is 11.5 Å². The van der Waals surface area contributed by atoms with Gasteiger partial charge in [0.1, 0.15) is 5.00 Å². The van der Waals surface area contributed by atoms with Crippen LogP contribution in [0.4, 0.5) is 5.00 Å². The molecule has 4 nitrogen and oxygen atoms in total. The quantitative estimate of drug-likeness (QED) is 0.797. The molecule has 1 aliphatic rings. The number of fused-ring (bicyclic) bond motifs is 1. The van der Waals surface area contributed by atoms with Crippen molar-refractivity contribution in [1.82, 2.24) is 9.69 Å². The van der Waals surface area contributed by atoms with Gasteiger partial charge in [-0.25, -0.2) is 0 Å². The van der Waals surface area contributed by atoms with E-state index < -0.39 is 0 Å². The number of rotatable bonds is 6. The number of hydrogen-bond acceptors (Lipinski definition) is 4. The topological polar surface area (TPSA) is 54.0 Å². The van der Waals surface area contributed by atoms with Crippen molar-refractivity contribution in [2.24, 2.45) is 0 Å². The maximum atomic E-state index is 11.5. The molecule has 100 valence electrons. The first-order chi connectivity index (χ1) is 9.33. The maximum Gasteiger partial charge on any atom is 0.220 e. The van der Waals surface area contributed by atoms with Gasteiger partial charge in [-0.2, -0.15) is 4.37 Å². The average Bonchev–Trinajstić information content (AvgIpc) is 3.14. The Balaban J connectivity index is 1.45. The fourth-order valence-electron chi connectivity index (χ4n) is 2.00. The van der Waals surface area contributed by atoms with Gasteiger partial charge >= 0.3 is 0 Å². The molecule has 1 aromatic heterocycles. The van der Waals surface area contributed by atoms with E-state index in [4.69, 9.17) is 0 Å². The number of carbonyl (C=O) groups is 1. The lowest BCUT2D eigenvalue weighted by atomic mass is 10.2. The van der Waals surface area contributed by atoms with E-state index in [9.17, 15) is 4.79 Å². The van der Waals surface area contributed by atoms with Crippen molar-refractivity contribution in [3.63, 3.8) is 0 Å². The number of benzene rings is 1. The molecule has 1 fully saturated rings. The van der Waals surface area contributed by atoms with Crippen molar-refractivity contribution >= 4 is 33.3 Å². The van der Waals surface area contributed by atoms with Crippen LogP contribution in [0.25, 0.3) is 10.9 Å².